The largest absolute Gasteiger partial charge is 0.354 e. The predicted molar refractivity (Wildman–Crippen MR) is 32.6 cm³/mol. The van der Waals surface area contributed by atoms with Crippen molar-refractivity contribution in [3.8, 4) is 0 Å². The van der Waals surface area contributed by atoms with Crippen LogP contribution in [0.5, 0.6) is 0 Å². The van der Waals surface area contributed by atoms with Crippen LogP contribution in [-0.2, 0) is 0 Å². The fourth-order valence-corrected chi connectivity index (χ4v) is 0.538. The van der Waals surface area contributed by atoms with Crippen LogP contribution < -0.4 is 10.9 Å². The highest BCUT2D eigenvalue weighted by atomic mass is 16.2. The van der Waals surface area contributed by atoms with Gasteiger partial charge in [0.15, 0.2) is 0 Å². The number of carbonyl (C=O) groups is 2. The summed E-state index contributed by atoms with van der Waals surface area (Å²) in [7, 11) is 2.92. The molecule has 2 N–H and O–H groups in total. The number of rotatable bonds is 0. The normalized spacial score (nSPS) is 18.6. The molecular formula is C4H8N4O2. The van der Waals surface area contributed by atoms with Crippen molar-refractivity contribution in [2.24, 2.45) is 0 Å². The van der Waals surface area contributed by atoms with Gasteiger partial charge in [-0.2, -0.15) is 0 Å². The van der Waals surface area contributed by atoms with Crippen LogP contribution in [0.1, 0.15) is 0 Å². The fourth-order valence-electron chi connectivity index (χ4n) is 0.538. The van der Waals surface area contributed by atoms with E-state index in [2.05, 4.69) is 10.9 Å². The first kappa shape index (κ1) is 6.66. The summed E-state index contributed by atoms with van der Waals surface area (Å²) in [6.07, 6.45) is 0. The van der Waals surface area contributed by atoms with Gasteiger partial charge in [-0.05, 0) is 0 Å². The first-order valence-corrected chi connectivity index (χ1v) is 2.70. The molecule has 0 saturated carbocycles. The second kappa shape index (κ2) is 2.05. The lowest BCUT2D eigenvalue weighted by Gasteiger charge is -2.30. The van der Waals surface area contributed by atoms with Gasteiger partial charge in [0, 0.05) is 14.1 Å². The van der Waals surface area contributed by atoms with Gasteiger partial charge < -0.3 is 0 Å². The van der Waals surface area contributed by atoms with Gasteiger partial charge in [0.2, 0.25) is 0 Å². The zero-order valence-electron chi connectivity index (χ0n) is 5.71. The van der Waals surface area contributed by atoms with Gasteiger partial charge in [-0.1, -0.05) is 0 Å². The third kappa shape index (κ3) is 0.949. The van der Waals surface area contributed by atoms with E-state index < -0.39 is 0 Å². The molecule has 0 aromatic heterocycles. The summed E-state index contributed by atoms with van der Waals surface area (Å²) in [6.45, 7) is 0. The van der Waals surface area contributed by atoms with E-state index in [1.165, 1.54) is 14.1 Å². The first-order valence-electron chi connectivity index (χ1n) is 2.70. The first-order chi connectivity index (χ1) is 4.61. The molecular weight excluding hydrogens is 136 g/mol. The summed E-state index contributed by atoms with van der Waals surface area (Å²) >= 11 is 0. The molecule has 0 aromatic carbocycles. The van der Waals surface area contributed by atoms with E-state index in [0.29, 0.717) is 0 Å². The number of hydrazine groups is 2. The standard InChI is InChI=1S/C4H8N4O2/c1-7-3(9)6-8(2)4(10)5-7/h1-2H3,(H,5,10)(H,6,9). The molecule has 1 fully saturated rings. The van der Waals surface area contributed by atoms with Crippen molar-refractivity contribution in [1.29, 1.82) is 0 Å². The fraction of sp³-hybridized carbons (Fsp3) is 0.500. The van der Waals surface area contributed by atoms with E-state index in [4.69, 9.17) is 0 Å². The Morgan fingerprint density at radius 3 is 1.60 bits per heavy atom. The van der Waals surface area contributed by atoms with Crippen LogP contribution in [0.3, 0.4) is 0 Å². The number of urea groups is 2. The quantitative estimate of drug-likeness (QED) is 0.463. The van der Waals surface area contributed by atoms with E-state index in [-0.39, 0.29) is 12.1 Å². The second-order valence-electron chi connectivity index (χ2n) is 1.95. The molecule has 1 saturated heterocycles. The van der Waals surface area contributed by atoms with Crippen LogP contribution in [0.2, 0.25) is 0 Å². The molecule has 1 aliphatic heterocycles. The average Bonchev–Trinajstić information content (AvgIpc) is 1.84. The average molecular weight is 144 g/mol. The Labute approximate surface area is 57.7 Å². The summed E-state index contributed by atoms with van der Waals surface area (Å²) in [5, 5.41) is 2.14. The molecule has 1 aliphatic rings. The second-order valence-corrected chi connectivity index (χ2v) is 1.95. The predicted octanol–water partition coefficient (Wildman–Crippen LogP) is -0.887. The van der Waals surface area contributed by atoms with Crippen molar-refractivity contribution in [3.05, 3.63) is 0 Å². The molecule has 6 nitrogen and oxygen atoms in total. The van der Waals surface area contributed by atoms with E-state index in [9.17, 15) is 9.59 Å². The summed E-state index contributed by atoms with van der Waals surface area (Å²) in [4.78, 5) is 21.4. The highest BCUT2D eigenvalue weighted by Gasteiger charge is 2.22. The Hall–Kier alpha value is -1.46. The number of carbonyl (C=O) groups excluding carboxylic acids is 2. The topological polar surface area (TPSA) is 64.7 Å². The molecule has 0 spiro atoms. The summed E-state index contributed by atoms with van der Waals surface area (Å²) in [5.74, 6) is 0. The minimum Gasteiger partial charge on any atom is -0.245 e. The summed E-state index contributed by atoms with van der Waals surface area (Å²) in [6, 6.07) is -0.718. The Kier molecular flexibility index (Phi) is 1.37. The van der Waals surface area contributed by atoms with Crippen LogP contribution in [0.4, 0.5) is 9.59 Å². The van der Waals surface area contributed by atoms with E-state index in [1.807, 2.05) is 0 Å². The highest BCUT2D eigenvalue weighted by molar-refractivity contribution is 5.85. The molecule has 6 heteroatoms. The maximum atomic E-state index is 10.7. The van der Waals surface area contributed by atoms with Crippen LogP contribution in [0.25, 0.3) is 0 Å². The zero-order valence-corrected chi connectivity index (χ0v) is 5.71. The Bertz CT molecular complexity index is 160. The van der Waals surface area contributed by atoms with E-state index in [1.54, 1.807) is 0 Å². The number of nitrogens with one attached hydrogen (secondary N) is 2. The van der Waals surface area contributed by atoms with Crippen molar-refractivity contribution < 1.29 is 9.59 Å². The Morgan fingerprint density at radius 2 is 1.30 bits per heavy atom. The molecule has 0 aromatic rings. The SMILES string of the molecule is CN1NC(=O)N(C)NC1=O. The minimum atomic E-state index is -0.359. The maximum absolute atomic E-state index is 10.7. The number of amides is 4. The lowest BCUT2D eigenvalue weighted by molar-refractivity contribution is 0.116. The van der Waals surface area contributed by atoms with Gasteiger partial charge in [0.05, 0.1) is 0 Å². The van der Waals surface area contributed by atoms with Crippen LogP contribution in [0, 0.1) is 0 Å². The Morgan fingerprint density at radius 1 is 1.00 bits per heavy atom. The smallest absolute Gasteiger partial charge is 0.245 e. The maximum Gasteiger partial charge on any atom is 0.354 e. The van der Waals surface area contributed by atoms with Gasteiger partial charge in [0.25, 0.3) is 0 Å². The molecule has 0 unspecified atom stereocenters. The van der Waals surface area contributed by atoms with Crippen molar-refractivity contribution in [2.75, 3.05) is 14.1 Å². The molecule has 0 atom stereocenters. The lowest BCUT2D eigenvalue weighted by Crippen LogP contribution is -2.63. The third-order valence-electron chi connectivity index (χ3n) is 1.14. The molecule has 0 radical (unpaired) electrons. The highest BCUT2D eigenvalue weighted by Crippen LogP contribution is 1.89. The Balaban J connectivity index is 2.63. The summed E-state index contributed by atoms with van der Waals surface area (Å²) in [5.41, 5.74) is 4.57. The van der Waals surface area contributed by atoms with E-state index >= 15 is 0 Å². The number of hydrogen-bond acceptors (Lipinski definition) is 2. The molecule has 10 heavy (non-hydrogen) atoms. The monoisotopic (exact) mass is 144 g/mol. The van der Waals surface area contributed by atoms with Crippen LogP contribution in [-0.4, -0.2) is 36.2 Å². The van der Waals surface area contributed by atoms with Crippen molar-refractivity contribution in [3.63, 3.8) is 0 Å². The number of nitrogens with zero attached hydrogens (tertiary/aromatic N) is 2. The minimum absolute atomic E-state index is 0.359. The molecule has 0 aliphatic carbocycles. The lowest BCUT2D eigenvalue weighted by atomic mass is 10.8. The summed E-state index contributed by atoms with van der Waals surface area (Å²) < 4.78 is 0. The molecule has 1 rings (SSSR count). The van der Waals surface area contributed by atoms with Gasteiger partial charge in [-0.25, -0.2) is 30.5 Å². The third-order valence-corrected chi connectivity index (χ3v) is 1.14. The van der Waals surface area contributed by atoms with Gasteiger partial charge in [-0.3, -0.25) is 0 Å². The zero-order chi connectivity index (χ0) is 7.72. The molecule has 56 valence electrons. The van der Waals surface area contributed by atoms with Gasteiger partial charge >= 0.3 is 12.1 Å². The molecule has 0 bridgehead atoms. The van der Waals surface area contributed by atoms with Crippen molar-refractivity contribution >= 4 is 12.1 Å². The van der Waals surface area contributed by atoms with Crippen molar-refractivity contribution in [1.82, 2.24) is 20.9 Å². The van der Waals surface area contributed by atoms with Gasteiger partial charge in [0.1, 0.15) is 0 Å². The molecule has 1 heterocycles. The van der Waals surface area contributed by atoms with Crippen LogP contribution >= 0.6 is 0 Å². The van der Waals surface area contributed by atoms with Crippen molar-refractivity contribution in [2.45, 2.75) is 0 Å². The van der Waals surface area contributed by atoms with Gasteiger partial charge in [-0.15, -0.1) is 0 Å². The van der Waals surface area contributed by atoms with Crippen LogP contribution in [0.15, 0.2) is 0 Å². The van der Waals surface area contributed by atoms with E-state index in [0.717, 1.165) is 10.0 Å². The number of hydrogen-bond donors (Lipinski definition) is 2. The molecule has 4 amide bonds.